The van der Waals surface area contributed by atoms with Gasteiger partial charge < -0.3 is 14.2 Å². The highest BCUT2D eigenvalue weighted by molar-refractivity contribution is 5.84. The van der Waals surface area contributed by atoms with Gasteiger partial charge in [0.05, 0.1) is 37.6 Å². The van der Waals surface area contributed by atoms with Gasteiger partial charge in [0.2, 0.25) is 0 Å². The highest BCUT2D eigenvalue weighted by atomic mass is 16.5. The molecule has 0 saturated heterocycles. The Morgan fingerprint density at radius 3 is 3.18 bits per heavy atom. The number of aromatic nitrogens is 4. The first-order valence-electron chi connectivity index (χ1n) is 9.78. The van der Waals surface area contributed by atoms with E-state index in [9.17, 15) is 0 Å². The number of hydrogen-bond donors (Lipinski definition) is 0. The lowest BCUT2D eigenvalue weighted by Gasteiger charge is -2.19. The third kappa shape index (κ3) is 3.25. The van der Waals surface area contributed by atoms with E-state index in [2.05, 4.69) is 21.4 Å². The third-order valence-electron chi connectivity index (χ3n) is 5.66. The molecule has 1 aliphatic heterocycles. The Morgan fingerprint density at radius 1 is 1.36 bits per heavy atom. The maximum Gasteiger partial charge on any atom is 0.141 e. The molecule has 28 heavy (non-hydrogen) atoms. The number of methoxy groups -OCH3 is 1. The van der Waals surface area contributed by atoms with E-state index in [-0.39, 0.29) is 6.10 Å². The molecule has 1 saturated carbocycles. The van der Waals surface area contributed by atoms with Crippen LogP contribution in [0.1, 0.15) is 42.3 Å². The second-order valence-corrected chi connectivity index (χ2v) is 7.65. The van der Waals surface area contributed by atoms with Crippen LogP contribution < -0.4 is 4.74 Å². The van der Waals surface area contributed by atoms with Gasteiger partial charge in [0, 0.05) is 24.6 Å². The smallest absolute Gasteiger partial charge is 0.141 e. The molecule has 3 aromatic rings. The Kier molecular flexibility index (Phi) is 4.49. The number of nitrogens with zero attached hydrogens (tertiary/aromatic N) is 4. The summed E-state index contributed by atoms with van der Waals surface area (Å²) in [5.41, 5.74) is 4.31. The molecule has 0 spiro atoms. The van der Waals surface area contributed by atoms with Gasteiger partial charge in [-0.15, -0.1) is 5.10 Å². The fourth-order valence-electron chi connectivity index (χ4n) is 3.97. The summed E-state index contributed by atoms with van der Waals surface area (Å²) < 4.78 is 18.9. The quantitative estimate of drug-likeness (QED) is 0.654. The Morgan fingerprint density at radius 2 is 2.29 bits per heavy atom. The standard InChI is InChI=1S/C21H24N4O3/c1-13(20-10-25(24-23-20)21-7-14(21)11-26-2)28-16-3-4-19-18(8-16)17-5-6-27-12-15(17)9-22-19/h3-4,8-10,13-14,21H,5-7,11-12H2,1-2H3/t13?,14-,21?/m0/s1. The van der Waals surface area contributed by atoms with Crippen molar-refractivity contribution < 1.29 is 14.2 Å². The second kappa shape index (κ2) is 7.14. The zero-order chi connectivity index (χ0) is 19.1. The van der Waals surface area contributed by atoms with Gasteiger partial charge in [0.1, 0.15) is 17.5 Å². The maximum absolute atomic E-state index is 6.19. The van der Waals surface area contributed by atoms with Crippen LogP contribution in [0.3, 0.4) is 0 Å². The fraction of sp³-hybridized carbons (Fsp3) is 0.476. The van der Waals surface area contributed by atoms with E-state index in [0.717, 1.165) is 48.4 Å². The highest BCUT2D eigenvalue weighted by Crippen LogP contribution is 2.43. The van der Waals surface area contributed by atoms with Crippen molar-refractivity contribution in [3.05, 3.63) is 47.4 Å². The first-order valence-corrected chi connectivity index (χ1v) is 9.78. The largest absolute Gasteiger partial charge is 0.484 e. The molecule has 1 fully saturated rings. The Hall–Kier alpha value is -2.51. The van der Waals surface area contributed by atoms with Gasteiger partial charge in [0.15, 0.2) is 0 Å². The molecule has 1 aromatic carbocycles. The minimum Gasteiger partial charge on any atom is -0.484 e. The molecule has 2 aliphatic rings. The average molecular weight is 380 g/mol. The topological polar surface area (TPSA) is 71.3 Å². The number of ether oxygens (including phenoxy) is 3. The number of fused-ring (bicyclic) bond motifs is 3. The van der Waals surface area contributed by atoms with Crippen molar-refractivity contribution >= 4 is 10.9 Å². The Balaban J connectivity index is 1.34. The van der Waals surface area contributed by atoms with Crippen molar-refractivity contribution in [2.75, 3.05) is 20.3 Å². The SMILES string of the molecule is COC[C@@H]1CC1n1cc(C(C)Oc2ccc3ncc4c(c3c2)CCOC4)nn1. The van der Waals surface area contributed by atoms with Gasteiger partial charge in [-0.3, -0.25) is 4.98 Å². The normalized spacial score (nSPS) is 22.1. The van der Waals surface area contributed by atoms with Gasteiger partial charge in [-0.2, -0.15) is 0 Å². The van der Waals surface area contributed by atoms with E-state index in [1.165, 1.54) is 11.1 Å². The minimum atomic E-state index is -0.179. The molecule has 0 amide bonds. The first-order chi connectivity index (χ1) is 13.7. The van der Waals surface area contributed by atoms with E-state index >= 15 is 0 Å². The van der Waals surface area contributed by atoms with Crippen LogP contribution >= 0.6 is 0 Å². The molecule has 3 heterocycles. The summed E-state index contributed by atoms with van der Waals surface area (Å²) in [5, 5.41) is 9.75. The van der Waals surface area contributed by atoms with Crippen molar-refractivity contribution in [3.8, 4) is 5.75 Å². The number of pyridine rings is 1. The van der Waals surface area contributed by atoms with Crippen LogP contribution in [-0.2, 0) is 22.5 Å². The number of rotatable bonds is 6. The lowest BCUT2D eigenvalue weighted by atomic mass is 10.00. The molecule has 146 valence electrons. The van der Waals surface area contributed by atoms with Gasteiger partial charge in [-0.25, -0.2) is 4.68 Å². The minimum absolute atomic E-state index is 0.179. The molecule has 7 heteroatoms. The zero-order valence-corrected chi connectivity index (χ0v) is 16.2. The van der Waals surface area contributed by atoms with Crippen LogP contribution in [0.4, 0.5) is 0 Å². The molecule has 3 atom stereocenters. The Bertz CT molecular complexity index is 1000. The molecular formula is C21H24N4O3. The molecule has 0 N–H and O–H groups in total. The molecule has 2 unspecified atom stereocenters. The van der Waals surface area contributed by atoms with Crippen LogP contribution in [0.25, 0.3) is 10.9 Å². The Labute approximate surface area is 163 Å². The molecule has 7 nitrogen and oxygen atoms in total. The lowest BCUT2D eigenvalue weighted by molar-refractivity contribution is 0.111. The van der Waals surface area contributed by atoms with Gasteiger partial charge in [-0.05, 0) is 49.1 Å². The van der Waals surface area contributed by atoms with Gasteiger partial charge >= 0.3 is 0 Å². The zero-order valence-electron chi connectivity index (χ0n) is 16.2. The molecule has 0 bridgehead atoms. The summed E-state index contributed by atoms with van der Waals surface area (Å²) in [6, 6.07) is 6.47. The van der Waals surface area contributed by atoms with Crippen LogP contribution in [-0.4, -0.2) is 40.3 Å². The summed E-state index contributed by atoms with van der Waals surface area (Å²) in [4.78, 5) is 4.55. The fourth-order valence-corrected chi connectivity index (χ4v) is 3.97. The van der Waals surface area contributed by atoms with Crippen molar-refractivity contribution in [3.63, 3.8) is 0 Å². The van der Waals surface area contributed by atoms with Crippen LogP contribution in [0, 0.1) is 5.92 Å². The van der Waals surface area contributed by atoms with Gasteiger partial charge in [0.25, 0.3) is 0 Å². The van der Waals surface area contributed by atoms with Crippen molar-refractivity contribution in [2.45, 2.75) is 38.5 Å². The summed E-state index contributed by atoms with van der Waals surface area (Å²) in [5.74, 6) is 1.36. The van der Waals surface area contributed by atoms with Crippen LogP contribution in [0.15, 0.2) is 30.6 Å². The third-order valence-corrected chi connectivity index (χ3v) is 5.66. The monoisotopic (exact) mass is 380 g/mol. The van der Waals surface area contributed by atoms with Crippen molar-refractivity contribution in [1.29, 1.82) is 0 Å². The highest BCUT2D eigenvalue weighted by Gasteiger charge is 2.39. The average Bonchev–Trinajstić information content (AvgIpc) is 3.31. The molecule has 0 radical (unpaired) electrons. The van der Waals surface area contributed by atoms with E-state index in [4.69, 9.17) is 14.2 Å². The van der Waals surface area contributed by atoms with E-state index < -0.39 is 0 Å². The molecule has 2 aromatic heterocycles. The molecule has 5 rings (SSSR count). The lowest BCUT2D eigenvalue weighted by Crippen LogP contribution is -2.11. The van der Waals surface area contributed by atoms with E-state index in [0.29, 0.717) is 18.6 Å². The van der Waals surface area contributed by atoms with E-state index in [1.807, 2.05) is 36.1 Å². The summed E-state index contributed by atoms with van der Waals surface area (Å²) >= 11 is 0. The summed E-state index contributed by atoms with van der Waals surface area (Å²) in [7, 11) is 1.74. The first kappa shape index (κ1) is 17.6. The molecular weight excluding hydrogens is 356 g/mol. The second-order valence-electron chi connectivity index (χ2n) is 7.65. The van der Waals surface area contributed by atoms with Crippen molar-refractivity contribution in [1.82, 2.24) is 20.0 Å². The van der Waals surface area contributed by atoms with Crippen LogP contribution in [0.5, 0.6) is 5.75 Å². The number of benzene rings is 1. The predicted molar refractivity (Wildman–Crippen MR) is 103 cm³/mol. The predicted octanol–water partition coefficient (Wildman–Crippen LogP) is 3.25. The molecule has 1 aliphatic carbocycles. The summed E-state index contributed by atoms with van der Waals surface area (Å²) in [6.07, 6.45) is 5.74. The van der Waals surface area contributed by atoms with Gasteiger partial charge in [-0.1, -0.05) is 5.21 Å². The number of hydrogen-bond acceptors (Lipinski definition) is 6. The van der Waals surface area contributed by atoms with E-state index in [1.54, 1.807) is 7.11 Å². The van der Waals surface area contributed by atoms with Crippen LogP contribution in [0.2, 0.25) is 0 Å². The maximum atomic E-state index is 6.19. The van der Waals surface area contributed by atoms with Crippen molar-refractivity contribution in [2.24, 2.45) is 5.92 Å². The summed E-state index contributed by atoms with van der Waals surface area (Å²) in [6.45, 7) is 4.16.